The molecule has 3 aromatic rings. The summed E-state index contributed by atoms with van der Waals surface area (Å²) in [4.78, 5) is 17.2. The van der Waals surface area contributed by atoms with Gasteiger partial charge < -0.3 is 9.84 Å². The first-order chi connectivity index (χ1) is 15.3. The van der Waals surface area contributed by atoms with E-state index < -0.39 is 15.9 Å². The predicted octanol–water partition coefficient (Wildman–Crippen LogP) is 4.02. The molecule has 32 heavy (non-hydrogen) atoms. The van der Waals surface area contributed by atoms with Crippen molar-refractivity contribution in [2.45, 2.75) is 44.2 Å². The van der Waals surface area contributed by atoms with Crippen molar-refractivity contribution in [3.8, 4) is 11.4 Å². The number of thiophene rings is 1. The Morgan fingerprint density at radius 3 is 2.88 bits per heavy atom. The lowest BCUT2D eigenvalue weighted by atomic mass is 9.98. The van der Waals surface area contributed by atoms with Gasteiger partial charge in [0.15, 0.2) is 0 Å². The third-order valence-electron chi connectivity index (χ3n) is 5.70. The van der Waals surface area contributed by atoms with Gasteiger partial charge in [0.1, 0.15) is 4.21 Å². The van der Waals surface area contributed by atoms with Gasteiger partial charge in [0.2, 0.25) is 17.6 Å². The van der Waals surface area contributed by atoms with E-state index in [1.807, 2.05) is 32.0 Å². The van der Waals surface area contributed by atoms with E-state index in [0.29, 0.717) is 36.7 Å². The summed E-state index contributed by atoms with van der Waals surface area (Å²) in [6.07, 6.45) is 2.10. The topological polar surface area (TPSA) is 105 Å². The van der Waals surface area contributed by atoms with Crippen molar-refractivity contribution in [3.05, 3.63) is 46.7 Å². The molecule has 1 aromatic carbocycles. The molecule has 1 amide bonds. The Bertz CT molecular complexity index is 1230. The number of benzene rings is 1. The summed E-state index contributed by atoms with van der Waals surface area (Å²) in [6, 6.07) is 7.50. The van der Waals surface area contributed by atoms with Crippen molar-refractivity contribution in [2.24, 2.45) is 5.92 Å². The number of amides is 1. The number of nitrogens with zero attached hydrogens (tertiary/aromatic N) is 3. The molecule has 4 rings (SSSR count). The van der Waals surface area contributed by atoms with Gasteiger partial charge in [-0.3, -0.25) is 4.79 Å². The quantitative estimate of drug-likeness (QED) is 0.579. The molecule has 0 bridgehead atoms. The molecule has 0 aliphatic carbocycles. The number of sulfonamides is 1. The van der Waals surface area contributed by atoms with Crippen LogP contribution in [0, 0.1) is 19.8 Å². The lowest BCUT2D eigenvalue weighted by molar-refractivity contribution is -0.120. The maximum Gasteiger partial charge on any atom is 0.252 e. The molecule has 2 aromatic heterocycles. The van der Waals surface area contributed by atoms with Gasteiger partial charge in [-0.1, -0.05) is 30.3 Å². The van der Waals surface area contributed by atoms with Crippen molar-refractivity contribution < 1.29 is 17.7 Å². The highest BCUT2D eigenvalue weighted by Crippen LogP contribution is 2.32. The summed E-state index contributed by atoms with van der Waals surface area (Å²) in [6.45, 7) is 6.25. The highest BCUT2D eigenvalue weighted by Gasteiger charge is 2.34. The molecule has 0 saturated carbocycles. The number of carbonyl (C=O) groups excluding carboxylic acids is 1. The first-order valence-corrected chi connectivity index (χ1v) is 12.9. The summed E-state index contributed by atoms with van der Waals surface area (Å²) >= 11 is 1.12. The fraction of sp³-hybridized carbons (Fsp3) is 0.409. The van der Waals surface area contributed by atoms with E-state index in [9.17, 15) is 13.2 Å². The Labute approximate surface area is 191 Å². The molecule has 1 aliphatic heterocycles. The van der Waals surface area contributed by atoms with Crippen LogP contribution in [0.4, 0.5) is 5.69 Å². The number of hydrogen-bond acceptors (Lipinski definition) is 7. The molecule has 1 fully saturated rings. The van der Waals surface area contributed by atoms with Gasteiger partial charge in [-0.25, -0.2) is 8.42 Å². The summed E-state index contributed by atoms with van der Waals surface area (Å²) < 4.78 is 33.1. The number of hydrogen-bond donors (Lipinski definition) is 1. The van der Waals surface area contributed by atoms with Crippen LogP contribution in [0.5, 0.6) is 0 Å². The number of aryl methyl sites for hydroxylation is 3. The lowest BCUT2D eigenvalue weighted by Crippen LogP contribution is -2.43. The zero-order chi connectivity index (χ0) is 22.9. The highest BCUT2D eigenvalue weighted by molar-refractivity contribution is 7.91. The van der Waals surface area contributed by atoms with Crippen molar-refractivity contribution in [1.82, 2.24) is 14.4 Å². The molecule has 1 aliphatic rings. The van der Waals surface area contributed by atoms with Gasteiger partial charge in [0.25, 0.3) is 10.0 Å². The summed E-state index contributed by atoms with van der Waals surface area (Å²) in [5, 5.41) is 8.61. The molecule has 3 heterocycles. The Kier molecular flexibility index (Phi) is 6.45. The third-order valence-corrected chi connectivity index (χ3v) is 8.98. The number of nitrogens with one attached hydrogen (secondary N) is 1. The number of rotatable bonds is 6. The molecule has 0 spiro atoms. The molecule has 170 valence electrons. The second kappa shape index (κ2) is 9.13. The van der Waals surface area contributed by atoms with Crippen LogP contribution in [-0.4, -0.2) is 41.9 Å². The summed E-state index contributed by atoms with van der Waals surface area (Å²) in [7, 11) is -3.72. The molecule has 10 heteroatoms. The second-order valence-electron chi connectivity index (χ2n) is 7.95. The lowest BCUT2D eigenvalue weighted by Gasteiger charge is -2.31. The van der Waals surface area contributed by atoms with Crippen LogP contribution in [0.2, 0.25) is 0 Å². The number of piperidine rings is 1. The molecular formula is C22H26N4O4S2. The Morgan fingerprint density at radius 1 is 1.34 bits per heavy atom. The van der Waals surface area contributed by atoms with Gasteiger partial charge in [0.05, 0.1) is 5.92 Å². The predicted molar refractivity (Wildman–Crippen MR) is 123 cm³/mol. The van der Waals surface area contributed by atoms with Crippen LogP contribution in [0.1, 0.15) is 36.8 Å². The van der Waals surface area contributed by atoms with Gasteiger partial charge in [-0.2, -0.15) is 9.29 Å². The maximum absolute atomic E-state index is 13.3. The molecule has 1 N–H and O–H groups in total. The van der Waals surface area contributed by atoms with Gasteiger partial charge in [0, 0.05) is 36.6 Å². The minimum Gasteiger partial charge on any atom is -0.339 e. The van der Waals surface area contributed by atoms with Crippen LogP contribution < -0.4 is 5.32 Å². The molecular weight excluding hydrogens is 448 g/mol. The van der Waals surface area contributed by atoms with Crippen LogP contribution >= 0.6 is 11.3 Å². The normalized spacial score (nSPS) is 17.4. The monoisotopic (exact) mass is 474 g/mol. The van der Waals surface area contributed by atoms with E-state index in [2.05, 4.69) is 15.5 Å². The third kappa shape index (κ3) is 4.48. The Morgan fingerprint density at radius 2 is 2.16 bits per heavy atom. The summed E-state index contributed by atoms with van der Waals surface area (Å²) in [5.74, 6) is 0.242. The van der Waals surface area contributed by atoms with E-state index in [0.717, 1.165) is 34.6 Å². The molecule has 8 nitrogen and oxygen atoms in total. The fourth-order valence-corrected chi connectivity index (χ4v) is 6.75. The van der Waals surface area contributed by atoms with Gasteiger partial charge in [-0.05, 0) is 43.4 Å². The van der Waals surface area contributed by atoms with Crippen LogP contribution in [0.15, 0.2) is 38.4 Å². The molecule has 1 atom stereocenters. The van der Waals surface area contributed by atoms with E-state index in [4.69, 9.17) is 4.52 Å². The first kappa shape index (κ1) is 22.6. The van der Waals surface area contributed by atoms with E-state index in [-0.39, 0.29) is 16.7 Å². The number of aromatic nitrogens is 2. The molecule has 1 saturated heterocycles. The SMILES string of the molecule is CCc1cccc(C)c1NC(=O)[C@H]1CCCN(S(=O)(=O)c2cc(-c3noc(C)n3)cs2)C1. The standard InChI is InChI=1S/C22H26N4O4S2/c1-4-16-8-5-7-14(2)20(16)24-22(27)17-9-6-10-26(12-17)32(28,29)19-11-18(13-31-19)21-23-15(3)30-25-21/h5,7-8,11,13,17H,4,6,9-10,12H2,1-3H3,(H,24,27)/t17-/m0/s1. The van der Waals surface area contributed by atoms with E-state index in [1.165, 1.54) is 4.31 Å². The van der Waals surface area contributed by atoms with E-state index >= 15 is 0 Å². The number of para-hydroxylation sites is 1. The smallest absolute Gasteiger partial charge is 0.252 e. The largest absolute Gasteiger partial charge is 0.339 e. The van der Waals surface area contributed by atoms with Crippen molar-refractivity contribution in [2.75, 3.05) is 18.4 Å². The number of anilines is 1. The van der Waals surface area contributed by atoms with E-state index in [1.54, 1.807) is 18.4 Å². The molecule has 0 unspecified atom stereocenters. The van der Waals surface area contributed by atoms with Crippen LogP contribution in [0.25, 0.3) is 11.4 Å². The average Bonchev–Trinajstić information content (AvgIpc) is 3.44. The van der Waals surface area contributed by atoms with Crippen molar-refractivity contribution in [3.63, 3.8) is 0 Å². The second-order valence-corrected chi connectivity index (χ2v) is 11.0. The zero-order valence-corrected chi connectivity index (χ0v) is 19.9. The van der Waals surface area contributed by atoms with Crippen molar-refractivity contribution in [1.29, 1.82) is 0 Å². The maximum atomic E-state index is 13.3. The minimum absolute atomic E-state index is 0.136. The first-order valence-electron chi connectivity index (χ1n) is 10.6. The highest BCUT2D eigenvalue weighted by atomic mass is 32.2. The summed E-state index contributed by atoms with van der Waals surface area (Å²) in [5.41, 5.74) is 3.50. The zero-order valence-electron chi connectivity index (χ0n) is 18.3. The van der Waals surface area contributed by atoms with Crippen LogP contribution in [0.3, 0.4) is 0 Å². The van der Waals surface area contributed by atoms with Gasteiger partial charge >= 0.3 is 0 Å². The molecule has 0 radical (unpaired) electrons. The Balaban J connectivity index is 1.50. The van der Waals surface area contributed by atoms with Crippen LogP contribution in [-0.2, 0) is 21.2 Å². The number of carbonyl (C=O) groups is 1. The Hall–Kier alpha value is -2.56. The minimum atomic E-state index is -3.72. The van der Waals surface area contributed by atoms with Crippen molar-refractivity contribution >= 4 is 33.0 Å². The fourth-order valence-electron chi connectivity index (χ4n) is 3.91. The average molecular weight is 475 g/mol. The van der Waals surface area contributed by atoms with Gasteiger partial charge in [-0.15, -0.1) is 11.3 Å².